The number of carbonyl (C=O) groups excluding carboxylic acids is 1. The van der Waals surface area contributed by atoms with Crippen LogP contribution in [0.2, 0.25) is 6.32 Å². The van der Waals surface area contributed by atoms with Crippen molar-refractivity contribution in [3.05, 3.63) is 63.7 Å². The van der Waals surface area contributed by atoms with Gasteiger partial charge in [-0.25, -0.2) is 0 Å². The number of rotatable bonds is 7. The van der Waals surface area contributed by atoms with Crippen molar-refractivity contribution in [3.8, 4) is 5.75 Å². The summed E-state index contributed by atoms with van der Waals surface area (Å²) in [5.74, 6) is 0.463. The molecule has 2 unspecified atom stereocenters. The Labute approximate surface area is 210 Å². The predicted molar refractivity (Wildman–Crippen MR) is 141 cm³/mol. The lowest BCUT2D eigenvalue weighted by Gasteiger charge is -2.41. The Balaban J connectivity index is 2.00. The van der Waals surface area contributed by atoms with Crippen LogP contribution in [0.15, 0.2) is 30.3 Å². The molecule has 0 aromatic heterocycles. The molecule has 1 amide bonds. The highest BCUT2D eigenvalue weighted by Crippen LogP contribution is 2.35. The van der Waals surface area contributed by atoms with Gasteiger partial charge in [-0.15, -0.1) is 0 Å². The van der Waals surface area contributed by atoms with E-state index in [9.17, 15) is 14.9 Å². The lowest BCUT2D eigenvalue weighted by molar-refractivity contribution is -0.0160. The third-order valence-corrected chi connectivity index (χ3v) is 6.80. The van der Waals surface area contributed by atoms with E-state index in [4.69, 9.17) is 4.65 Å². The first-order chi connectivity index (χ1) is 16.4. The molecule has 0 spiro atoms. The third-order valence-electron chi connectivity index (χ3n) is 6.80. The molecule has 0 saturated heterocycles. The molecule has 0 bridgehead atoms. The first kappa shape index (κ1) is 27.2. The number of benzene rings is 2. The minimum Gasteiger partial charge on any atom is -0.536 e. The van der Waals surface area contributed by atoms with Gasteiger partial charge < -0.3 is 14.8 Å². The summed E-state index contributed by atoms with van der Waals surface area (Å²) >= 11 is 0. The van der Waals surface area contributed by atoms with E-state index < -0.39 is 13.3 Å². The highest BCUT2D eigenvalue weighted by molar-refractivity contribution is 6.43. The Morgan fingerprint density at radius 1 is 1.17 bits per heavy atom. The molecule has 3 N–H and O–H groups in total. The number of amides is 1. The summed E-state index contributed by atoms with van der Waals surface area (Å²) in [5.41, 5.74) is 8.00. The average Bonchev–Trinajstić information content (AvgIpc) is 2.95. The molecule has 6 nitrogen and oxygen atoms in total. The Kier molecular flexibility index (Phi) is 8.68. The third kappa shape index (κ3) is 6.46. The number of aryl methyl sites for hydroxylation is 3. The fourth-order valence-corrected chi connectivity index (χ4v) is 5.03. The summed E-state index contributed by atoms with van der Waals surface area (Å²) < 4.78 is 5.80. The monoisotopic (exact) mass is 480 g/mol. The number of nitrogens with zero attached hydrogens (tertiary/aromatic N) is 1. The fourth-order valence-electron chi connectivity index (χ4n) is 5.03. The topological polar surface area (TPSA) is 82.0 Å². The van der Waals surface area contributed by atoms with E-state index in [1.54, 1.807) is 5.01 Å². The van der Waals surface area contributed by atoms with Gasteiger partial charge in [0.2, 0.25) is 0 Å². The highest BCUT2D eigenvalue weighted by Gasteiger charge is 2.35. The molecule has 3 rings (SSSR count). The number of hydrazine groups is 1. The maximum atomic E-state index is 13.9. The van der Waals surface area contributed by atoms with Crippen LogP contribution in [0.4, 0.5) is 0 Å². The van der Waals surface area contributed by atoms with Crippen molar-refractivity contribution >= 4 is 13.0 Å². The van der Waals surface area contributed by atoms with Crippen LogP contribution in [0.5, 0.6) is 5.75 Å². The average molecular weight is 480 g/mol. The Bertz CT molecular complexity index is 1030. The molecule has 1 aliphatic heterocycles. The highest BCUT2D eigenvalue weighted by atomic mass is 16.5. The number of aliphatic hydroxyl groups excluding tert-OH is 1. The van der Waals surface area contributed by atoms with Crippen molar-refractivity contribution < 1.29 is 19.6 Å². The first-order valence-electron chi connectivity index (χ1n) is 12.8. The van der Waals surface area contributed by atoms with Crippen LogP contribution in [0, 0.1) is 26.2 Å². The molecular formula is C28H41BN2O4. The van der Waals surface area contributed by atoms with E-state index in [1.807, 2.05) is 51.1 Å². The summed E-state index contributed by atoms with van der Waals surface area (Å²) in [6, 6.07) is 9.53. The summed E-state index contributed by atoms with van der Waals surface area (Å²) in [5, 5.41) is 23.1. The normalized spacial score (nSPS) is 15.6. The molecule has 0 aliphatic carbocycles. The SMILES string of the molecule is CCCC(N(NC(O)c1ccc2c(c1C)OB(O)CCC2)C(=O)c1cc(C)cc(C)c1)C(C)(C)C. The molecule has 190 valence electrons. The standard InChI is InChI=1S/C28H41BN2O4/c1-8-10-24(28(5,6)7)31(27(33)22-16-18(2)15-19(3)17-22)30-26(32)23-13-12-21-11-9-14-29(34)35-25(21)20(23)4/h12-13,15-17,24,26,30,32,34H,8-11,14H2,1-7H3. The molecule has 2 atom stereocenters. The fraction of sp³-hybridized carbons (Fsp3) is 0.536. The van der Waals surface area contributed by atoms with Crippen LogP contribution in [0.25, 0.3) is 0 Å². The molecule has 2 aromatic rings. The maximum absolute atomic E-state index is 13.9. The van der Waals surface area contributed by atoms with Gasteiger partial charge in [0.1, 0.15) is 12.0 Å². The van der Waals surface area contributed by atoms with E-state index >= 15 is 0 Å². The minimum atomic E-state index is -1.12. The zero-order valence-electron chi connectivity index (χ0n) is 22.3. The number of hydrogen-bond acceptors (Lipinski definition) is 5. The van der Waals surface area contributed by atoms with Crippen LogP contribution in [-0.4, -0.2) is 34.2 Å². The number of nitrogens with one attached hydrogen (secondary N) is 1. The first-order valence-corrected chi connectivity index (χ1v) is 12.8. The van der Waals surface area contributed by atoms with Gasteiger partial charge >= 0.3 is 7.12 Å². The zero-order chi connectivity index (χ0) is 25.9. The van der Waals surface area contributed by atoms with Gasteiger partial charge in [0.15, 0.2) is 0 Å². The second kappa shape index (κ2) is 11.1. The van der Waals surface area contributed by atoms with Crippen molar-refractivity contribution in [1.29, 1.82) is 0 Å². The molecule has 0 fully saturated rings. The molecule has 1 heterocycles. The largest absolute Gasteiger partial charge is 0.536 e. The molecular weight excluding hydrogens is 439 g/mol. The summed E-state index contributed by atoms with van der Waals surface area (Å²) in [7, 11) is -0.854. The molecule has 0 saturated carbocycles. The van der Waals surface area contributed by atoms with Gasteiger partial charge in [-0.2, -0.15) is 5.43 Å². The molecule has 2 aromatic carbocycles. The summed E-state index contributed by atoms with van der Waals surface area (Å²) in [6.45, 7) is 14.3. The van der Waals surface area contributed by atoms with Gasteiger partial charge in [-0.1, -0.05) is 63.4 Å². The smallest absolute Gasteiger partial charge is 0.522 e. The van der Waals surface area contributed by atoms with E-state index in [1.165, 1.54) is 0 Å². The lowest BCUT2D eigenvalue weighted by atomic mass is 9.83. The van der Waals surface area contributed by atoms with Crippen LogP contribution >= 0.6 is 0 Å². The van der Waals surface area contributed by atoms with Crippen molar-refractivity contribution in [2.45, 2.75) is 92.7 Å². The van der Waals surface area contributed by atoms with E-state index in [0.717, 1.165) is 47.9 Å². The minimum absolute atomic E-state index is 0.144. The summed E-state index contributed by atoms with van der Waals surface area (Å²) in [4.78, 5) is 13.9. The van der Waals surface area contributed by atoms with Crippen LogP contribution in [-0.2, 0) is 6.42 Å². The van der Waals surface area contributed by atoms with Gasteiger partial charge in [0.25, 0.3) is 5.91 Å². The zero-order valence-corrected chi connectivity index (χ0v) is 22.3. The number of hydrogen-bond donors (Lipinski definition) is 3. The van der Waals surface area contributed by atoms with E-state index in [-0.39, 0.29) is 17.4 Å². The van der Waals surface area contributed by atoms with Gasteiger partial charge in [-0.05, 0) is 75.0 Å². The molecule has 35 heavy (non-hydrogen) atoms. The van der Waals surface area contributed by atoms with Crippen molar-refractivity contribution in [2.24, 2.45) is 5.41 Å². The second-order valence-electron chi connectivity index (χ2n) is 11.0. The Morgan fingerprint density at radius 3 is 2.43 bits per heavy atom. The van der Waals surface area contributed by atoms with E-state index in [0.29, 0.717) is 23.2 Å². The van der Waals surface area contributed by atoms with Crippen LogP contribution in [0.1, 0.15) is 91.4 Å². The Morgan fingerprint density at radius 2 is 1.83 bits per heavy atom. The van der Waals surface area contributed by atoms with Gasteiger partial charge in [0, 0.05) is 11.1 Å². The van der Waals surface area contributed by atoms with Crippen LogP contribution in [0.3, 0.4) is 0 Å². The van der Waals surface area contributed by atoms with Gasteiger partial charge in [0.05, 0.1) is 6.04 Å². The maximum Gasteiger partial charge on any atom is 0.522 e. The lowest BCUT2D eigenvalue weighted by Crippen LogP contribution is -2.55. The second-order valence-corrected chi connectivity index (χ2v) is 11.0. The number of fused-ring (bicyclic) bond motifs is 1. The predicted octanol–water partition coefficient (Wildman–Crippen LogP) is 5.27. The molecule has 0 radical (unpaired) electrons. The molecule has 1 aliphatic rings. The summed E-state index contributed by atoms with van der Waals surface area (Å²) in [6.07, 6.45) is 2.80. The molecule has 7 heteroatoms. The van der Waals surface area contributed by atoms with Crippen molar-refractivity contribution in [3.63, 3.8) is 0 Å². The van der Waals surface area contributed by atoms with Gasteiger partial charge in [-0.3, -0.25) is 9.80 Å². The van der Waals surface area contributed by atoms with Crippen molar-refractivity contribution in [1.82, 2.24) is 10.4 Å². The Hall–Kier alpha value is -2.35. The quantitative estimate of drug-likeness (QED) is 0.286. The number of aliphatic hydroxyl groups is 1. The van der Waals surface area contributed by atoms with Crippen molar-refractivity contribution in [2.75, 3.05) is 0 Å². The number of carbonyl (C=O) groups is 1. The van der Waals surface area contributed by atoms with Crippen LogP contribution < -0.4 is 10.1 Å². The van der Waals surface area contributed by atoms with E-state index in [2.05, 4.69) is 33.1 Å².